The highest BCUT2D eigenvalue weighted by Gasteiger charge is 2.23. The quantitative estimate of drug-likeness (QED) is 0.842. The van der Waals surface area contributed by atoms with Crippen LogP contribution in [-0.2, 0) is 4.79 Å². The lowest BCUT2D eigenvalue weighted by molar-refractivity contribution is -0.123. The normalized spacial score (nSPS) is 15.7. The van der Waals surface area contributed by atoms with Crippen molar-refractivity contribution in [3.63, 3.8) is 0 Å². The van der Waals surface area contributed by atoms with Gasteiger partial charge in [0.1, 0.15) is 5.75 Å². The van der Waals surface area contributed by atoms with Crippen LogP contribution in [0.4, 0.5) is 0 Å². The van der Waals surface area contributed by atoms with E-state index < -0.39 is 0 Å². The molecule has 0 aliphatic carbocycles. The van der Waals surface area contributed by atoms with Crippen molar-refractivity contribution < 1.29 is 9.53 Å². The fourth-order valence-corrected chi connectivity index (χ4v) is 3.31. The van der Waals surface area contributed by atoms with E-state index in [-0.39, 0.29) is 18.6 Å². The van der Waals surface area contributed by atoms with Crippen molar-refractivity contribution >= 4 is 5.91 Å². The summed E-state index contributed by atoms with van der Waals surface area (Å²) in [5.74, 6) is 0.681. The summed E-state index contributed by atoms with van der Waals surface area (Å²) in [6.45, 7) is 4.82. The SMILES string of the molecule is Cc1ccccc1OCC(=O)NCC(c1ccccc1)N1CCCC1. The number of aryl methyl sites for hydroxylation is 1. The summed E-state index contributed by atoms with van der Waals surface area (Å²) in [5.41, 5.74) is 2.29. The van der Waals surface area contributed by atoms with E-state index in [4.69, 9.17) is 4.74 Å². The van der Waals surface area contributed by atoms with Gasteiger partial charge in [-0.2, -0.15) is 0 Å². The third kappa shape index (κ3) is 4.83. The van der Waals surface area contributed by atoms with Crippen LogP contribution in [0, 0.1) is 6.92 Å². The first-order chi connectivity index (χ1) is 12.2. The summed E-state index contributed by atoms with van der Waals surface area (Å²) in [4.78, 5) is 14.7. The Bertz CT molecular complexity index is 681. The summed E-state index contributed by atoms with van der Waals surface area (Å²) >= 11 is 0. The Kier molecular flexibility index (Phi) is 6.07. The van der Waals surface area contributed by atoms with Crippen molar-refractivity contribution in [2.45, 2.75) is 25.8 Å². The highest BCUT2D eigenvalue weighted by atomic mass is 16.5. The Balaban J connectivity index is 1.55. The Morgan fingerprint density at radius 1 is 1.08 bits per heavy atom. The first-order valence-corrected chi connectivity index (χ1v) is 8.98. The third-order valence-electron chi connectivity index (χ3n) is 4.71. The molecule has 2 aromatic carbocycles. The van der Waals surface area contributed by atoms with Gasteiger partial charge < -0.3 is 10.1 Å². The van der Waals surface area contributed by atoms with Crippen molar-refractivity contribution in [2.24, 2.45) is 0 Å². The minimum atomic E-state index is -0.0802. The number of benzene rings is 2. The standard InChI is InChI=1S/C21H26N2O2/c1-17-9-5-6-12-20(17)25-16-21(24)22-15-19(23-13-7-8-14-23)18-10-3-2-4-11-18/h2-6,9-12,19H,7-8,13-16H2,1H3,(H,22,24). The monoisotopic (exact) mass is 338 g/mol. The zero-order valence-electron chi connectivity index (χ0n) is 14.8. The number of nitrogens with zero attached hydrogens (tertiary/aromatic N) is 1. The van der Waals surface area contributed by atoms with Gasteiger partial charge in [-0.15, -0.1) is 0 Å². The van der Waals surface area contributed by atoms with Gasteiger partial charge in [0, 0.05) is 6.54 Å². The molecule has 25 heavy (non-hydrogen) atoms. The number of nitrogens with one attached hydrogen (secondary N) is 1. The second kappa shape index (κ2) is 8.67. The number of carbonyl (C=O) groups excluding carboxylic acids is 1. The molecule has 1 heterocycles. The topological polar surface area (TPSA) is 41.6 Å². The van der Waals surface area contributed by atoms with Crippen LogP contribution in [0.1, 0.15) is 30.0 Å². The van der Waals surface area contributed by atoms with E-state index in [0.29, 0.717) is 6.54 Å². The lowest BCUT2D eigenvalue weighted by atomic mass is 10.1. The van der Waals surface area contributed by atoms with E-state index in [1.165, 1.54) is 18.4 Å². The van der Waals surface area contributed by atoms with E-state index >= 15 is 0 Å². The molecule has 1 amide bonds. The maximum Gasteiger partial charge on any atom is 0.258 e. The summed E-state index contributed by atoms with van der Waals surface area (Å²) in [6.07, 6.45) is 2.46. The number of para-hydroxylation sites is 1. The van der Waals surface area contributed by atoms with E-state index in [1.807, 2.05) is 37.3 Å². The summed E-state index contributed by atoms with van der Waals surface area (Å²) in [5, 5.41) is 3.04. The lowest BCUT2D eigenvalue weighted by Crippen LogP contribution is -2.38. The first-order valence-electron chi connectivity index (χ1n) is 8.98. The van der Waals surface area contributed by atoms with Gasteiger partial charge in [-0.3, -0.25) is 9.69 Å². The number of likely N-dealkylation sites (tertiary alicyclic amines) is 1. The van der Waals surface area contributed by atoms with Crippen LogP contribution in [0.15, 0.2) is 54.6 Å². The van der Waals surface area contributed by atoms with Gasteiger partial charge >= 0.3 is 0 Å². The van der Waals surface area contributed by atoms with Gasteiger partial charge in [-0.05, 0) is 50.0 Å². The number of rotatable bonds is 7. The molecule has 1 saturated heterocycles. The van der Waals surface area contributed by atoms with Crippen molar-refractivity contribution in [2.75, 3.05) is 26.2 Å². The molecule has 0 saturated carbocycles. The van der Waals surface area contributed by atoms with E-state index in [9.17, 15) is 4.79 Å². The molecule has 1 N–H and O–H groups in total. The third-order valence-corrected chi connectivity index (χ3v) is 4.71. The minimum Gasteiger partial charge on any atom is -0.484 e. The Morgan fingerprint density at radius 2 is 1.76 bits per heavy atom. The average molecular weight is 338 g/mol. The molecule has 1 aliphatic rings. The largest absolute Gasteiger partial charge is 0.484 e. The molecular weight excluding hydrogens is 312 g/mol. The summed E-state index contributed by atoms with van der Waals surface area (Å²) in [6, 6.07) is 18.4. The minimum absolute atomic E-state index is 0.0480. The molecule has 132 valence electrons. The molecule has 4 heteroatoms. The van der Waals surface area contributed by atoms with Gasteiger partial charge in [0.25, 0.3) is 5.91 Å². The highest BCUT2D eigenvalue weighted by Crippen LogP contribution is 2.24. The fraction of sp³-hybridized carbons (Fsp3) is 0.381. The summed E-state index contributed by atoms with van der Waals surface area (Å²) < 4.78 is 5.64. The Morgan fingerprint density at radius 3 is 2.48 bits per heavy atom. The fourth-order valence-electron chi connectivity index (χ4n) is 3.31. The maximum absolute atomic E-state index is 12.2. The zero-order valence-corrected chi connectivity index (χ0v) is 14.8. The van der Waals surface area contributed by atoms with Crippen LogP contribution in [0.25, 0.3) is 0 Å². The number of amides is 1. The molecule has 0 bridgehead atoms. The first kappa shape index (κ1) is 17.5. The van der Waals surface area contributed by atoms with Crippen LogP contribution in [-0.4, -0.2) is 37.0 Å². The molecule has 4 nitrogen and oxygen atoms in total. The van der Waals surface area contributed by atoms with E-state index in [2.05, 4.69) is 34.5 Å². The molecule has 1 aliphatic heterocycles. The second-order valence-corrected chi connectivity index (χ2v) is 6.53. The number of hydrogen-bond donors (Lipinski definition) is 1. The van der Waals surface area contributed by atoms with Gasteiger partial charge in [0.2, 0.25) is 0 Å². The second-order valence-electron chi connectivity index (χ2n) is 6.53. The zero-order chi connectivity index (χ0) is 17.5. The molecule has 0 aromatic heterocycles. The molecule has 0 spiro atoms. The Labute approximate surface area is 149 Å². The van der Waals surface area contributed by atoms with Crippen LogP contribution < -0.4 is 10.1 Å². The molecule has 1 atom stereocenters. The van der Waals surface area contributed by atoms with E-state index in [0.717, 1.165) is 24.4 Å². The number of hydrogen-bond acceptors (Lipinski definition) is 3. The predicted octanol–water partition coefficient (Wildman–Crippen LogP) is 3.33. The van der Waals surface area contributed by atoms with Crippen molar-refractivity contribution in [1.29, 1.82) is 0 Å². The number of carbonyl (C=O) groups is 1. The van der Waals surface area contributed by atoms with Crippen LogP contribution >= 0.6 is 0 Å². The highest BCUT2D eigenvalue weighted by molar-refractivity contribution is 5.77. The van der Waals surface area contributed by atoms with E-state index in [1.54, 1.807) is 0 Å². The predicted molar refractivity (Wildman–Crippen MR) is 99.7 cm³/mol. The van der Waals surface area contributed by atoms with Crippen LogP contribution in [0.2, 0.25) is 0 Å². The number of ether oxygens (including phenoxy) is 1. The molecule has 1 fully saturated rings. The molecule has 2 aromatic rings. The lowest BCUT2D eigenvalue weighted by Gasteiger charge is -2.28. The smallest absolute Gasteiger partial charge is 0.258 e. The van der Waals surface area contributed by atoms with Crippen molar-refractivity contribution in [3.05, 3.63) is 65.7 Å². The van der Waals surface area contributed by atoms with Gasteiger partial charge in [0.15, 0.2) is 6.61 Å². The maximum atomic E-state index is 12.2. The molecule has 1 unspecified atom stereocenters. The Hall–Kier alpha value is -2.33. The van der Waals surface area contributed by atoms with Gasteiger partial charge in [-0.25, -0.2) is 0 Å². The molecule has 3 rings (SSSR count). The van der Waals surface area contributed by atoms with Crippen LogP contribution in [0.3, 0.4) is 0 Å². The van der Waals surface area contributed by atoms with Gasteiger partial charge in [0.05, 0.1) is 6.04 Å². The van der Waals surface area contributed by atoms with Crippen LogP contribution in [0.5, 0.6) is 5.75 Å². The average Bonchev–Trinajstić information content (AvgIpc) is 3.16. The van der Waals surface area contributed by atoms with Crippen molar-refractivity contribution in [3.8, 4) is 5.75 Å². The van der Waals surface area contributed by atoms with Gasteiger partial charge in [-0.1, -0.05) is 48.5 Å². The molecule has 0 radical (unpaired) electrons. The molecular formula is C21H26N2O2. The van der Waals surface area contributed by atoms with Crippen molar-refractivity contribution in [1.82, 2.24) is 10.2 Å². The summed E-state index contributed by atoms with van der Waals surface area (Å²) in [7, 11) is 0.